The highest BCUT2D eigenvalue weighted by atomic mass is 32.2. The maximum atomic E-state index is 10.9. The molecule has 0 aliphatic carbocycles. The van der Waals surface area contributed by atoms with Crippen LogP contribution in [-0.4, -0.2) is 32.5 Å². The fourth-order valence-corrected chi connectivity index (χ4v) is 2.77. The van der Waals surface area contributed by atoms with Crippen LogP contribution in [0.15, 0.2) is 59.8 Å². The van der Waals surface area contributed by atoms with Gasteiger partial charge in [0.2, 0.25) is 5.16 Å². The molecule has 1 aromatic heterocycles. The van der Waals surface area contributed by atoms with Gasteiger partial charge in [0.25, 0.3) is 0 Å². The molecule has 132 valence electrons. The molecule has 26 heavy (non-hydrogen) atoms. The van der Waals surface area contributed by atoms with E-state index in [1.165, 1.54) is 17.8 Å². The van der Waals surface area contributed by atoms with Crippen molar-refractivity contribution in [2.24, 2.45) is 0 Å². The fraction of sp³-hybridized carbons (Fsp3) is 0.111. The first-order valence-corrected chi connectivity index (χ1v) is 8.85. The lowest BCUT2D eigenvalue weighted by Crippen LogP contribution is -2.02. The first kappa shape index (κ1) is 17.7. The van der Waals surface area contributed by atoms with Gasteiger partial charge in [-0.2, -0.15) is 0 Å². The fourth-order valence-electron chi connectivity index (χ4n) is 2.15. The average Bonchev–Trinajstić information content (AvgIpc) is 3.12. The summed E-state index contributed by atoms with van der Waals surface area (Å²) >= 11 is 1.41. The van der Waals surface area contributed by atoms with Gasteiger partial charge in [-0.3, -0.25) is 15.2 Å². The molecule has 1 heterocycles. The highest BCUT2D eigenvalue weighted by Crippen LogP contribution is 2.26. The Morgan fingerprint density at radius 2 is 1.88 bits per heavy atom. The second-order valence-corrected chi connectivity index (χ2v) is 6.23. The molecule has 7 nitrogen and oxygen atoms in total. The van der Waals surface area contributed by atoms with E-state index in [-0.39, 0.29) is 11.4 Å². The largest absolute Gasteiger partial charge is 0.486 e. The molecule has 8 heteroatoms. The first-order chi connectivity index (χ1) is 12.7. The van der Waals surface area contributed by atoms with Crippen molar-refractivity contribution in [3.05, 3.63) is 76.1 Å². The van der Waals surface area contributed by atoms with Gasteiger partial charge in [0, 0.05) is 11.8 Å². The molecule has 0 atom stereocenters. The number of nitro benzene ring substituents is 1. The zero-order chi connectivity index (χ0) is 18.2. The standard InChI is InChI=1S/C18H16N4O3S/c23-22(24)15-8-4-5-9-16(15)25-12-13-26-18-19-17(20-21-18)11-10-14-6-2-1-3-7-14/h1-11H,12-13H2,(H,19,20,21)/b11-10+. The van der Waals surface area contributed by atoms with E-state index in [4.69, 9.17) is 4.74 Å². The number of nitrogens with one attached hydrogen (secondary N) is 1. The molecule has 1 N–H and O–H groups in total. The lowest BCUT2D eigenvalue weighted by Gasteiger charge is -2.05. The quantitative estimate of drug-likeness (QED) is 0.279. The molecule has 0 bridgehead atoms. The van der Waals surface area contributed by atoms with Crippen LogP contribution in [0.2, 0.25) is 0 Å². The van der Waals surface area contributed by atoms with Gasteiger partial charge in [0.05, 0.1) is 11.5 Å². The molecule has 0 fully saturated rings. The highest BCUT2D eigenvalue weighted by molar-refractivity contribution is 7.99. The monoisotopic (exact) mass is 368 g/mol. The van der Waals surface area contributed by atoms with Crippen LogP contribution in [0.5, 0.6) is 5.75 Å². The molecule has 0 saturated heterocycles. The number of aromatic amines is 1. The van der Waals surface area contributed by atoms with E-state index < -0.39 is 4.92 Å². The number of nitro groups is 1. The Morgan fingerprint density at radius 1 is 1.12 bits per heavy atom. The third-order valence-corrected chi connectivity index (χ3v) is 4.16. The van der Waals surface area contributed by atoms with E-state index in [1.807, 2.05) is 42.5 Å². The van der Waals surface area contributed by atoms with Gasteiger partial charge >= 0.3 is 5.69 Å². The number of benzene rings is 2. The van der Waals surface area contributed by atoms with E-state index in [2.05, 4.69) is 15.2 Å². The minimum Gasteiger partial charge on any atom is -0.486 e. The van der Waals surface area contributed by atoms with Crippen molar-refractivity contribution in [2.45, 2.75) is 5.16 Å². The van der Waals surface area contributed by atoms with Gasteiger partial charge in [0.15, 0.2) is 5.75 Å². The lowest BCUT2D eigenvalue weighted by atomic mass is 10.2. The number of rotatable bonds is 8. The lowest BCUT2D eigenvalue weighted by molar-refractivity contribution is -0.385. The SMILES string of the molecule is O=[N+]([O-])c1ccccc1OCCSc1n[nH]c(/C=C/c2ccccc2)n1. The molecule has 0 unspecified atom stereocenters. The molecule has 3 rings (SSSR count). The predicted molar refractivity (Wildman–Crippen MR) is 101 cm³/mol. The summed E-state index contributed by atoms with van der Waals surface area (Å²) in [5.74, 6) is 1.50. The molecule has 0 saturated carbocycles. The minimum absolute atomic E-state index is 0.0382. The van der Waals surface area contributed by atoms with Crippen molar-refractivity contribution in [2.75, 3.05) is 12.4 Å². The van der Waals surface area contributed by atoms with Crippen LogP contribution in [0.1, 0.15) is 11.4 Å². The Balaban J connectivity index is 1.48. The van der Waals surface area contributed by atoms with Crippen molar-refractivity contribution in [1.29, 1.82) is 0 Å². The second kappa shape index (κ2) is 8.82. The summed E-state index contributed by atoms with van der Waals surface area (Å²) in [6.45, 7) is 0.319. The normalized spacial score (nSPS) is 10.9. The molecule has 3 aromatic rings. The van der Waals surface area contributed by atoms with Gasteiger partial charge in [-0.15, -0.1) is 5.10 Å². The second-order valence-electron chi connectivity index (χ2n) is 5.17. The minimum atomic E-state index is -0.455. The van der Waals surface area contributed by atoms with Crippen LogP contribution in [0.3, 0.4) is 0 Å². The number of ether oxygens (including phenoxy) is 1. The average molecular weight is 368 g/mol. The van der Waals surface area contributed by atoms with Crippen LogP contribution in [0.4, 0.5) is 5.69 Å². The predicted octanol–water partition coefficient (Wildman–Crippen LogP) is 4.05. The van der Waals surface area contributed by atoms with E-state index in [0.29, 0.717) is 23.3 Å². The summed E-state index contributed by atoms with van der Waals surface area (Å²) in [5.41, 5.74) is 1.04. The van der Waals surface area contributed by atoms with Gasteiger partial charge in [-0.05, 0) is 17.7 Å². The summed E-state index contributed by atoms with van der Waals surface area (Å²) in [6.07, 6.45) is 3.81. The maximum absolute atomic E-state index is 10.9. The Hall–Kier alpha value is -3.13. The molecular weight excluding hydrogens is 352 g/mol. The number of hydrogen-bond acceptors (Lipinski definition) is 6. The Labute approximate surface area is 154 Å². The topological polar surface area (TPSA) is 93.9 Å². The van der Waals surface area contributed by atoms with Gasteiger partial charge < -0.3 is 4.74 Å². The maximum Gasteiger partial charge on any atom is 0.310 e. The van der Waals surface area contributed by atoms with Crippen LogP contribution >= 0.6 is 11.8 Å². The van der Waals surface area contributed by atoms with Crippen molar-refractivity contribution in [3.8, 4) is 5.75 Å². The molecule has 0 aliphatic rings. The smallest absolute Gasteiger partial charge is 0.310 e. The van der Waals surface area contributed by atoms with E-state index in [9.17, 15) is 10.1 Å². The van der Waals surface area contributed by atoms with Crippen molar-refractivity contribution in [1.82, 2.24) is 15.2 Å². The Kier molecular flexibility index (Phi) is 6.00. The van der Waals surface area contributed by atoms with Crippen molar-refractivity contribution < 1.29 is 9.66 Å². The zero-order valence-corrected chi connectivity index (χ0v) is 14.6. The molecule has 0 amide bonds. The first-order valence-electron chi connectivity index (χ1n) is 7.87. The summed E-state index contributed by atoms with van der Waals surface area (Å²) in [5, 5.41) is 18.5. The third-order valence-electron chi connectivity index (χ3n) is 3.35. The number of aromatic nitrogens is 3. The van der Waals surface area contributed by atoms with Crippen molar-refractivity contribution in [3.63, 3.8) is 0 Å². The summed E-state index contributed by atoms with van der Waals surface area (Å²) in [7, 11) is 0. The molecule has 0 radical (unpaired) electrons. The van der Waals surface area contributed by atoms with E-state index in [1.54, 1.807) is 18.2 Å². The number of thioether (sulfide) groups is 1. The summed E-state index contributed by atoms with van der Waals surface area (Å²) in [6, 6.07) is 16.2. The molecular formula is C18H16N4O3S. The number of nitrogens with zero attached hydrogens (tertiary/aromatic N) is 3. The molecule has 0 spiro atoms. The van der Waals surface area contributed by atoms with Gasteiger partial charge in [-0.25, -0.2) is 4.98 Å². The molecule has 2 aromatic carbocycles. The van der Waals surface area contributed by atoms with E-state index in [0.717, 1.165) is 5.56 Å². The number of para-hydroxylation sites is 2. The van der Waals surface area contributed by atoms with Crippen LogP contribution in [-0.2, 0) is 0 Å². The van der Waals surface area contributed by atoms with Gasteiger partial charge in [-0.1, -0.05) is 60.3 Å². The summed E-state index contributed by atoms with van der Waals surface area (Å²) < 4.78 is 5.49. The van der Waals surface area contributed by atoms with Crippen LogP contribution in [0, 0.1) is 10.1 Å². The van der Waals surface area contributed by atoms with Crippen molar-refractivity contribution >= 4 is 29.6 Å². The Morgan fingerprint density at radius 3 is 2.69 bits per heavy atom. The zero-order valence-electron chi connectivity index (χ0n) is 13.7. The summed E-state index contributed by atoms with van der Waals surface area (Å²) in [4.78, 5) is 14.8. The third kappa shape index (κ3) is 4.93. The molecule has 0 aliphatic heterocycles. The highest BCUT2D eigenvalue weighted by Gasteiger charge is 2.13. The van der Waals surface area contributed by atoms with Crippen LogP contribution in [0.25, 0.3) is 12.2 Å². The Bertz CT molecular complexity index is 896. The van der Waals surface area contributed by atoms with E-state index >= 15 is 0 Å². The van der Waals surface area contributed by atoms with Crippen LogP contribution < -0.4 is 4.74 Å². The van der Waals surface area contributed by atoms with Gasteiger partial charge in [0.1, 0.15) is 5.82 Å². The number of hydrogen-bond donors (Lipinski definition) is 1. The number of H-pyrrole nitrogens is 1.